The van der Waals surface area contributed by atoms with Crippen molar-refractivity contribution >= 4 is 29.3 Å². The average molecular weight is 402 g/mol. The van der Waals surface area contributed by atoms with Crippen molar-refractivity contribution in [2.24, 2.45) is 11.0 Å². The van der Waals surface area contributed by atoms with Crippen LogP contribution in [0.2, 0.25) is 0 Å². The van der Waals surface area contributed by atoms with Gasteiger partial charge in [0.1, 0.15) is 12.4 Å². The molecule has 4 N–H and O–H groups in total. The largest absolute Gasteiger partial charge is 0.488 e. The maximum absolute atomic E-state index is 11.2. The number of rotatable bonds is 7. The normalized spacial score (nSPS) is 9.57. The molecular weight excluding hydrogens is 374 g/mol. The van der Waals surface area contributed by atoms with Crippen molar-refractivity contribution < 1.29 is 9.53 Å². The van der Waals surface area contributed by atoms with Crippen LogP contribution >= 0.6 is 12.2 Å². The molecule has 0 aliphatic carbocycles. The molecule has 7 nitrogen and oxygen atoms in total. The molecule has 0 fully saturated rings. The van der Waals surface area contributed by atoms with Crippen molar-refractivity contribution in [3.8, 4) is 5.75 Å². The number of anilines is 1. The summed E-state index contributed by atoms with van der Waals surface area (Å²) in [6, 6.07) is 13.9. The van der Waals surface area contributed by atoms with Crippen molar-refractivity contribution in [3.63, 3.8) is 0 Å². The maximum atomic E-state index is 11.2. The number of aryl methyl sites for hydroxylation is 1. The fourth-order valence-electron chi connectivity index (χ4n) is 2.53. The van der Waals surface area contributed by atoms with Crippen LogP contribution in [0, 0.1) is 12.5 Å². The highest BCUT2D eigenvalue weighted by molar-refractivity contribution is 7.80. The van der Waals surface area contributed by atoms with Crippen LogP contribution in [0.25, 0.3) is 0 Å². The molecule has 0 saturated carbocycles. The minimum atomic E-state index is -0.00463. The Labute approximate surface area is 171 Å². The summed E-state index contributed by atoms with van der Waals surface area (Å²) in [5.41, 5.74) is 12.1. The van der Waals surface area contributed by atoms with Gasteiger partial charge < -0.3 is 9.64 Å². The topological polar surface area (TPSA) is 104 Å². The average Bonchev–Trinajstić information content (AvgIpc) is 2.73. The van der Waals surface area contributed by atoms with E-state index in [0.717, 1.165) is 30.6 Å². The minimum absolute atomic E-state index is 0.00463. The molecule has 0 heterocycles. The highest BCUT2D eigenvalue weighted by Gasteiger charge is 2.08. The molecule has 0 atom stereocenters. The molecule has 28 heavy (non-hydrogen) atoms. The number of carbonyl (C=O) groups is 1. The summed E-state index contributed by atoms with van der Waals surface area (Å²) in [6.07, 6.45) is 0.845. The number of benzene rings is 2. The summed E-state index contributed by atoms with van der Waals surface area (Å²) >= 11 is 4.27. The molecule has 0 aromatic heterocycles. The van der Waals surface area contributed by atoms with E-state index in [1.165, 1.54) is 5.56 Å². The molecule has 0 bridgehead atoms. The molecule has 2 rings (SSSR count). The second-order valence-corrected chi connectivity index (χ2v) is 6.24. The Kier molecular flexibility index (Phi) is 10.4. The Hall–Kier alpha value is -2.84. The van der Waals surface area contributed by atoms with Crippen LogP contribution in [0.3, 0.4) is 0 Å². The van der Waals surface area contributed by atoms with Gasteiger partial charge in [-0.25, -0.2) is 11.4 Å². The molecule has 0 spiro atoms. The third kappa shape index (κ3) is 7.42. The molecule has 0 aliphatic heterocycles. The lowest BCUT2D eigenvalue weighted by atomic mass is 10.1. The number of aldehydes is 1. The summed E-state index contributed by atoms with van der Waals surface area (Å²) in [7, 11) is 0. The SMILES string of the molecule is CCN(CC)c1ccc(C=O)c(OCc2cccc(C)c2)c1.N=NC(=S)NN. The molecule has 0 amide bonds. The lowest BCUT2D eigenvalue weighted by molar-refractivity contribution is 0.111. The van der Waals surface area contributed by atoms with E-state index in [0.29, 0.717) is 17.9 Å². The zero-order valence-electron chi connectivity index (χ0n) is 16.4. The number of ether oxygens (including phenoxy) is 1. The first kappa shape index (κ1) is 23.2. The van der Waals surface area contributed by atoms with Gasteiger partial charge in [-0.1, -0.05) is 29.8 Å². The van der Waals surface area contributed by atoms with Gasteiger partial charge in [-0.05, 0) is 50.7 Å². The number of nitrogens with one attached hydrogen (secondary N) is 2. The van der Waals surface area contributed by atoms with Gasteiger partial charge in [0.15, 0.2) is 6.29 Å². The number of nitrogens with two attached hydrogens (primary N) is 1. The number of hydrogen-bond acceptors (Lipinski definition) is 6. The van der Waals surface area contributed by atoms with Crippen LogP contribution in [-0.4, -0.2) is 24.5 Å². The van der Waals surface area contributed by atoms with Crippen molar-refractivity contribution in [1.29, 1.82) is 5.53 Å². The quantitative estimate of drug-likeness (QED) is 0.213. The van der Waals surface area contributed by atoms with Gasteiger partial charge in [-0.15, -0.1) is 5.11 Å². The molecule has 8 heteroatoms. The smallest absolute Gasteiger partial charge is 0.227 e. The number of nitrogens with zero attached hydrogens (tertiary/aromatic N) is 2. The highest BCUT2D eigenvalue weighted by Crippen LogP contribution is 2.25. The van der Waals surface area contributed by atoms with Crippen LogP contribution in [0.1, 0.15) is 35.3 Å². The Morgan fingerprint density at radius 3 is 2.50 bits per heavy atom. The van der Waals surface area contributed by atoms with E-state index < -0.39 is 0 Å². The van der Waals surface area contributed by atoms with E-state index in [-0.39, 0.29) is 5.11 Å². The van der Waals surface area contributed by atoms with Gasteiger partial charge in [0.25, 0.3) is 0 Å². The van der Waals surface area contributed by atoms with Crippen LogP contribution < -0.4 is 20.9 Å². The van der Waals surface area contributed by atoms with Crippen LogP contribution in [0.15, 0.2) is 47.6 Å². The summed E-state index contributed by atoms with van der Waals surface area (Å²) in [4.78, 5) is 13.4. The van der Waals surface area contributed by atoms with Gasteiger partial charge in [0.05, 0.1) is 5.56 Å². The van der Waals surface area contributed by atoms with Crippen LogP contribution in [-0.2, 0) is 6.61 Å². The predicted octanol–water partition coefficient (Wildman–Crippen LogP) is 4.00. The van der Waals surface area contributed by atoms with Gasteiger partial charge in [0.2, 0.25) is 5.11 Å². The third-order valence-electron chi connectivity index (χ3n) is 3.95. The third-order valence-corrected chi connectivity index (χ3v) is 4.16. The number of thiocarbonyl (C=S) groups is 1. The Morgan fingerprint density at radius 2 is 2.00 bits per heavy atom. The first-order valence-corrected chi connectivity index (χ1v) is 9.30. The van der Waals surface area contributed by atoms with E-state index in [4.69, 9.17) is 10.3 Å². The van der Waals surface area contributed by atoms with Crippen LogP contribution in [0.4, 0.5) is 5.69 Å². The summed E-state index contributed by atoms with van der Waals surface area (Å²) in [5, 5.41) is 2.75. The molecule has 150 valence electrons. The van der Waals surface area contributed by atoms with Crippen molar-refractivity contribution in [3.05, 3.63) is 59.2 Å². The van der Waals surface area contributed by atoms with Crippen molar-refractivity contribution in [1.82, 2.24) is 5.43 Å². The summed E-state index contributed by atoms with van der Waals surface area (Å²) in [6.45, 7) is 8.60. The standard InChI is InChI=1S/C19H23NO2.CH4N4S/c1-4-20(5-2)18-10-9-17(13-21)19(12-18)22-14-16-8-6-7-15(3)11-16;2-4-1(6)5-3/h6-13H,4-5,14H2,1-3H3;2H,3H2,(H,5,6). The van der Waals surface area contributed by atoms with E-state index in [9.17, 15) is 4.79 Å². The molecule has 0 aliphatic rings. The Bertz CT molecular complexity index is 794. The zero-order valence-corrected chi connectivity index (χ0v) is 17.3. The highest BCUT2D eigenvalue weighted by atomic mass is 32.1. The number of hydrazine groups is 1. The van der Waals surface area contributed by atoms with Gasteiger partial charge in [-0.2, -0.15) is 0 Å². The molecular formula is C20H27N5O2S. The Morgan fingerprint density at radius 1 is 1.29 bits per heavy atom. The van der Waals surface area contributed by atoms with Crippen LogP contribution in [0.5, 0.6) is 5.75 Å². The van der Waals surface area contributed by atoms with Gasteiger partial charge in [-0.3, -0.25) is 10.2 Å². The lowest BCUT2D eigenvalue weighted by Gasteiger charge is -2.22. The molecule has 2 aromatic carbocycles. The Balaban J connectivity index is 0.000000568. The predicted molar refractivity (Wildman–Crippen MR) is 116 cm³/mol. The summed E-state index contributed by atoms with van der Waals surface area (Å²) < 4.78 is 5.89. The monoisotopic (exact) mass is 401 g/mol. The second-order valence-electron chi connectivity index (χ2n) is 5.85. The molecule has 0 unspecified atom stereocenters. The van der Waals surface area contributed by atoms with E-state index in [1.807, 2.05) is 35.8 Å². The molecule has 0 saturated heterocycles. The maximum Gasteiger partial charge on any atom is 0.227 e. The zero-order chi connectivity index (χ0) is 20.9. The van der Waals surface area contributed by atoms with Crippen molar-refractivity contribution in [2.75, 3.05) is 18.0 Å². The fourth-order valence-corrected chi connectivity index (χ4v) is 2.53. The van der Waals surface area contributed by atoms with Gasteiger partial charge in [0, 0.05) is 24.8 Å². The molecule has 0 radical (unpaired) electrons. The number of carbonyl (C=O) groups excluding carboxylic acids is 1. The fraction of sp³-hybridized carbons (Fsp3) is 0.300. The first-order chi connectivity index (χ1) is 13.5. The summed E-state index contributed by atoms with van der Waals surface area (Å²) in [5.74, 6) is 5.32. The molecule has 2 aromatic rings. The number of hydrogen-bond donors (Lipinski definition) is 3. The second kappa shape index (κ2) is 12.5. The van der Waals surface area contributed by atoms with Gasteiger partial charge >= 0.3 is 0 Å². The van der Waals surface area contributed by atoms with E-state index in [1.54, 1.807) is 0 Å². The van der Waals surface area contributed by atoms with E-state index >= 15 is 0 Å². The lowest BCUT2D eigenvalue weighted by Crippen LogP contribution is -2.26. The first-order valence-electron chi connectivity index (χ1n) is 8.89. The van der Waals surface area contributed by atoms with E-state index in [2.05, 4.69) is 61.0 Å². The minimum Gasteiger partial charge on any atom is -0.488 e. The van der Waals surface area contributed by atoms with Crippen molar-refractivity contribution in [2.45, 2.75) is 27.4 Å².